The van der Waals surface area contributed by atoms with Gasteiger partial charge in [0.2, 0.25) is 0 Å². The van der Waals surface area contributed by atoms with Crippen LogP contribution in [0.1, 0.15) is 52.7 Å². The zero-order chi connectivity index (χ0) is 42.7. The molecule has 0 spiro atoms. The first-order valence-corrected chi connectivity index (χ1v) is 22.5. The van der Waals surface area contributed by atoms with Crippen LogP contribution >= 0.6 is 0 Å². The zero-order valence-electron chi connectivity index (χ0n) is 36.4. The van der Waals surface area contributed by atoms with Crippen LogP contribution in [-0.2, 0) is 10.8 Å². The Hall–Kier alpha value is -7.31. The monoisotopic (exact) mass is 826 g/mol. The number of ether oxygens (including phenoxy) is 2. The molecule has 5 aliphatic rings. The highest BCUT2D eigenvalue weighted by Crippen LogP contribution is 2.61. The van der Waals surface area contributed by atoms with E-state index in [1.54, 1.807) is 0 Å². The lowest BCUT2D eigenvalue weighted by Gasteiger charge is -2.51. The zero-order valence-corrected chi connectivity index (χ0v) is 36.4. The van der Waals surface area contributed by atoms with Crippen molar-refractivity contribution < 1.29 is 18.3 Å². The van der Waals surface area contributed by atoms with E-state index in [0.29, 0.717) is 0 Å². The van der Waals surface area contributed by atoms with Gasteiger partial charge in [0, 0.05) is 39.0 Å². The summed E-state index contributed by atoms with van der Waals surface area (Å²) in [6.45, 7) is 13.5. The molecule has 0 atom stereocenters. The summed E-state index contributed by atoms with van der Waals surface area (Å²) in [4.78, 5) is 5.02. The van der Waals surface area contributed by atoms with Crippen molar-refractivity contribution in [2.24, 2.45) is 0 Å². The van der Waals surface area contributed by atoms with Gasteiger partial charge in [-0.05, 0) is 91.1 Å². The molecule has 0 amide bonds. The van der Waals surface area contributed by atoms with Crippen LogP contribution in [0.15, 0.2) is 142 Å². The minimum absolute atomic E-state index is 0.0758. The van der Waals surface area contributed by atoms with Gasteiger partial charge in [-0.15, -0.1) is 0 Å². The van der Waals surface area contributed by atoms with Crippen molar-refractivity contribution in [2.75, 3.05) is 9.80 Å². The average molecular weight is 827 g/mol. The number of hydrogen-bond acceptors (Lipinski definition) is 6. The van der Waals surface area contributed by atoms with Crippen LogP contribution in [-0.4, -0.2) is 13.4 Å². The van der Waals surface area contributed by atoms with Crippen LogP contribution in [0.3, 0.4) is 0 Å². The largest absolute Gasteiger partial charge is 0.458 e. The fourth-order valence-electron chi connectivity index (χ4n) is 11.8. The maximum atomic E-state index is 7.15. The van der Waals surface area contributed by atoms with Crippen LogP contribution in [0, 0.1) is 0 Å². The van der Waals surface area contributed by atoms with E-state index >= 15 is 0 Å². The molecule has 0 aliphatic carbocycles. The van der Waals surface area contributed by atoms with Crippen LogP contribution in [0.2, 0.25) is 0 Å². The highest BCUT2D eigenvalue weighted by Gasteiger charge is 2.55. The summed E-state index contributed by atoms with van der Waals surface area (Å²) in [7, 11) is 0. The molecule has 6 nitrogen and oxygen atoms in total. The van der Waals surface area contributed by atoms with E-state index in [9.17, 15) is 0 Å². The molecule has 5 aliphatic heterocycles. The summed E-state index contributed by atoms with van der Waals surface area (Å²) in [6.07, 6.45) is 0. The maximum absolute atomic E-state index is 7.15. The predicted octanol–water partition coefficient (Wildman–Crippen LogP) is 11.2. The molecule has 8 aromatic carbocycles. The Kier molecular flexibility index (Phi) is 6.29. The molecule has 8 heteroatoms. The molecular formula is C56H40B2N2O4. The molecule has 7 heterocycles. The maximum Gasteiger partial charge on any atom is 0.256 e. The lowest BCUT2D eigenvalue weighted by Crippen LogP contribution is -2.67. The van der Waals surface area contributed by atoms with Gasteiger partial charge in [0.15, 0.2) is 11.2 Å². The Labute approximate surface area is 370 Å². The Morgan fingerprint density at radius 2 is 0.859 bits per heavy atom. The number of fused-ring (bicyclic) bond motifs is 14. The molecule has 0 unspecified atom stereocenters. The normalized spacial score (nSPS) is 14.8. The smallest absolute Gasteiger partial charge is 0.256 e. The van der Waals surface area contributed by atoms with E-state index in [4.69, 9.17) is 18.3 Å². The summed E-state index contributed by atoms with van der Waals surface area (Å²) < 4.78 is 28.6. The highest BCUT2D eigenvalue weighted by molar-refractivity contribution is 7.04. The molecule has 64 heavy (non-hydrogen) atoms. The lowest BCUT2D eigenvalue weighted by atomic mass is 9.29. The van der Waals surface area contributed by atoms with E-state index in [1.807, 2.05) is 0 Å². The fourth-order valence-corrected chi connectivity index (χ4v) is 11.8. The molecule has 0 fully saturated rings. The van der Waals surface area contributed by atoms with Gasteiger partial charge in [0.1, 0.15) is 45.5 Å². The second kappa shape index (κ2) is 11.4. The fraction of sp³-hybridized carbons (Fsp3) is 0.143. The molecule has 0 radical (unpaired) electrons. The van der Waals surface area contributed by atoms with Crippen molar-refractivity contribution in [1.29, 1.82) is 0 Å². The van der Waals surface area contributed by atoms with Crippen LogP contribution in [0.4, 0.5) is 34.1 Å². The van der Waals surface area contributed by atoms with E-state index in [1.165, 1.54) is 43.9 Å². The summed E-state index contributed by atoms with van der Waals surface area (Å²) >= 11 is 0. The van der Waals surface area contributed by atoms with E-state index < -0.39 is 0 Å². The van der Waals surface area contributed by atoms with Crippen molar-refractivity contribution in [3.63, 3.8) is 0 Å². The molecular weight excluding hydrogens is 786 g/mol. The molecule has 0 N–H and O–H groups in total. The first-order valence-electron chi connectivity index (χ1n) is 22.5. The average Bonchev–Trinajstić information content (AvgIpc) is 3.86. The van der Waals surface area contributed by atoms with Gasteiger partial charge < -0.3 is 28.1 Å². The second-order valence-electron chi connectivity index (χ2n) is 20.4. The standard InChI is InChI=1S/C56H40B2N2O4/c1-55(2,3)29-20-22-42-36(24-29)57-38-26-34-32-16-10-12-18-40(32)63-53(34)51-48(38)60-49-39(27-35-33-17-11-13-19-41(33)64-54(35)52(49)59(51)31-14-8-7-9-15-31)58-37-25-30(56(4,5)6)21-23-43(37)62-45-28-44(61-42)46(57)50(60)47(45)58/h7-28H,1-6H3. The number of nitrogens with zero attached hydrogens (tertiary/aromatic N) is 2. The van der Waals surface area contributed by atoms with Gasteiger partial charge in [-0.2, -0.15) is 0 Å². The van der Waals surface area contributed by atoms with Crippen molar-refractivity contribution >= 4 is 124 Å². The van der Waals surface area contributed by atoms with Gasteiger partial charge >= 0.3 is 0 Å². The van der Waals surface area contributed by atoms with Gasteiger partial charge in [0.05, 0.1) is 11.4 Å². The van der Waals surface area contributed by atoms with Gasteiger partial charge in [-0.3, -0.25) is 0 Å². The number of hydrogen-bond donors (Lipinski definition) is 0. The summed E-state index contributed by atoms with van der Waals surface area (Å²) in [5.74, 6) is 3.40. The molecule has 0 bridgehead atoms. The minimum atomic E-state index is -0.150. The number of anilines is 6. The number of para-hydroxylation sites is 3. The Bertz CT molecular complexity index is 3570. The van der Waals surface area contributed by atoms with Crippen molar-refractivity contribution in [3.8, 4) is 23.0 Å². The second-order valence-corrected chi connectivity index (χ2v) is 20.4. The molecule has 0 saturated heterocycles. The number of furan rings is 2. The molecule has 10 aromatic rings. The van der Waals surface area contributed by atoms with Crippen molar-refractivity contribution in [3.05, 3.63) is 145 Å². The molecule has 304 valence electrons. The molecule has 0 saturated carbocycles. The Morgan fingerprint density at radius 3 is 1.34 bits per heavy atom. The van der Waals surface area contributed by atoms with Crippen molar-refractivity contribution in [2.45, 2.75) is 52.4 Å². The van der Waals surface area contributed by atoms with Crippen LogP contribution in [0.25, 0.3) is 43.9 Å². The number of rotatable bonds is 1. The summed E-state index contributed by atoms with van der Waals surface area (Å²) in [5, 5.41) is 4.33. The first-order chi connectivity index (χ1) is 31.0. The van der Waals surface area contributed by atoms with E-state index in [0.717, 1.165) is 101 Å². The highest BCUT2D eigenvalue weighted by atomic mass is 16.5. The van der Waals surface area contributed by atoms with Crippen LogP contribution < -0.4 is 52.1 Å². The third kappa shape index (κ3) is 4.25. The SMILES string of the molecule is CC(C)(C)c1ccc2c(c1)B1c3cc4c(oc5ccccc54)c4c3N3c5c1c(cc1c5B(c5cc(C(C)(C)C)ccc5O1)c1cc5c(oc6ccccc65)c(c13)N4c1ccccc1)O2. The van der Waals surface area contributed by atoms with Gasteiger partial charge in [-0.1, -0.05) is 133 Å². The van der Waals surface area contributed by atoms with Gasteiger partial charge in [0.25, 0.3) is 13.4 Å². The minimum Gasteiger partial charge on any atom is -0.458 e. The number of benzene rings is 8. The summed E-state index contributed by atoms with van der Waals surface area (Å²) in [6, 6.07) is 48.4. The summed E-state index contributed by atoms with van der Waals surface area (Å²) in [5.41, 5.74) is 19.3. The first kappa shape index (κ1) is 35.2. The Balaban J connectivity index is 1.19. The molecule has 15 rings (SSSR count). The quantitative estimate of drug-likeness (QED) is 0.154. The van der Waals surface area contributed by atoms with Crippen molar-refractivity contribution in [1.82, 2.24) is 0 Å². The third-order valence-electron chi connectivity index (χ3n) is 14.7. The van der Waals surface area contributed by atoms with Crippen LogP contribution in [0.5, 0.6) is 23.0 Å². The van der Waals surface area contributed by atoms with E-state index in [-0.39, 0.29) is 24.3 Å². The van der Waals surface area contributed by atoms with E-state index in [2.05, 4.69) is 185 Å². The molecule has 2 aromatic heterocycles. The Morgan fingerprint density at radius 1 is 0.391 bits per heavy atom. The lowest BCUT2D eigenvalue weighted by molar-refractivity contribution is 0.465. The third-order valence-corrected chi connectivity index (χ3v) is 14.7. The van der Waals surface area contributed by atoms with Gasteiger partial charge in [-0.25, -0.2) is 0 Å². The topological polar surface area (TPSA) is 51.2 Å². The predicted molar refractivity (Wildman–Crippen MR) is 264 cm³/mol.